The molecule has 0 atom stereocenters. The van der Waals surface area contributed by atoms with Gasteiger partial charge in [0.1, 0.15) is 0 Å². The lowest BCUT2D eigenvalue weighted by Crippen LogP contribution is -2.03. The average molecular weight is 292 g/mol. The second-order valence-corrected chi connectivity index (χ2v) is 3.90. The molecular formula is C9H8Br2O. The maximum Gasteiger partial charge on any atom is 0.174 e. The molecule has 0 radical (unpaired) electrons. The van der Waals surface area contributed by atoms with E-state index in [9.17, 15) is 4.79 Å². The normalized spacial score (nSPS) is 9.92. The highest BCUT2D eigenvalue weighted by atomic mass is 79.9. The number of aryl methyl sites for hydroxylation is 1. The first-order valence-corrected chi connectivity index (χ1v) is 5.42. The Kier molecular flexibility index (Phi) is 3.47. The van der Waals surface area contributed by atoms with Gasteiger partial charge in [0.15, 0.2) is 5.78 Å². The van der Waals surface area contributed by atoms with Gasteiger partial charge in [-0.2, -0.15) is 0 Å². The number of rotatable bonds is 2. The molecule has 0 saturated heterocycles. The summed E-state index contributed by atoms with van der Waals surface area (Å²) in [7, 11) is 0. The molecular weight excluding hydrogens is 284 g/mol. The van der Waals surface area contributed by atoms with Crippen molar-refractivity contribution in [3.63, 3.8) is 0 Å². The van der Waals surface area contributed by atoms with Crippen molar-refractivity contribution < 1.29 is 4.79 Å². The zero-order valence-electron chi connectivity index (χ0n) is 6.60. The maximum absolute atomic E-state index is 11.4. The molecule has 0 heterocycles. The highest BCUT2D eigenvalue weighted by Crippen LogP contribution is 2.20. The van der Waals surface area contributed by atoms with Crippen molar-refractivity contribution in [3.8, 4) is 0 Å². The first-order chi connectivity index (χ1) is 5.66. The highest BCUT2D eigenvalue weighted by molar-refractivity contribution is 9.10. The van der Waals surface area contributed by atoms with Crippen LogP contribution in [0, 0.1) is 6.92 Å². The summed E-state index contributed by atoms with van der Waals surface area (Å²) in [6, 6.07) is 5.73. The molecule has 0 aromatic heterocycles. The molecule has 0 bridgehead atoms. The molecule has 0 aliphatic carbocycles. The van der Waals surface area contributed by atoms with Crippen LogP contribution in [0.4, 0.5) is 0 Å². The molecule has 1 aromatic carbocycles. The van der Waals surface area contributed by atoms with Crippen molar-refractivity contribution in [3.05, 3.63) is 33.8 Å². The Morgan fingerprint density at radius 3 is 2.67 bits per heavy atom. The van der Waals surface area contributed by atoms with E-state index in [0.29, 0.717) is 5.33 Å². The van der Waals surface area contributed by atoms with Crippen LogP contribution in [0.15, 0.2) is 22.7 Å². The highest BCUT2D eigenvalue weighted by Gasteiger charge is 2.10. The molecule has 0 aliphatic rings. The second-order valence-electron chi connectivity index (χ2n) is 2.49. The summed E-state index contributed by atoms with van der Waals surface area (Å²) >= 11 is 6.50. The lowest BCUT2D eigenvalue weighted by molar-refractivity contribution is 0.102. The minimum Gasteiger partial charge on any atom is -0.293 e. The summed E-state index contributed by atoms with van der Waals surface area (Å²) in [5, 5.41) is 0.371. The maximum atomic E-state index is 11.4. The number of hydrogen-bond acceptors (Lipinski definition) is 1. The fraction of sp³-hybridized carbons (Fsp3) is 0.222. The van der Waals surface area contributed by atoms with Gasteiger partial charge in [0, 0.05) is 10.0 Å². The number of alkyl halides is 1. The first-order valence-electron chi connectivity index (χ1n) is 3.51. The van der Waals surface area contributed by atoms with Gasteiger partial charge < -0.3 is 0 Å². The largest absolute Gasteiger partial charge is 0.293 e. The third-order valence-corrected chi connectivity index (χ3v) is 2.79. The molecule has 0 unspecified atom stereocenters. The van der Waals surface area contributed by atoms with Crippen LogP contribution in [-0.4, -0.2) is 11.1 Å². The van der Waals surface area contributed by atoms with Gasteiger partial charge in [0.25, 0.3) is 0 Å². The van der Waals surface area contributed by atoms with E-state index in [4.69, 9.17) is 0 Å². The Morgan fingerprint density at radius 1 is 1.50 bits per heavy atom. The second kappa shape index (κ2) is 4.19. The van der Waals surface area contributed by atoms with Crippen LogP contribution in [0.2, 0.25) is 0 Å². The fourth-order valence-electron chi connectivity index (χ4n) is 1.05. The van der Waals surface area contributed by atoms with E-state index in [1.54, 1.807) is 0 Å². The summed E-state index contributed by atoms with van der Waals surface area (Å²) in [6.45, 7) is 1.93. The number of carbonyl (C=O) groups is 1. The third kappa shape index (κ3) is 1.96. The Hall–Kier alpha value is -0.150. The molecule has 0 saturated carbocycles. The van der Waals surface area contributed by atoms with Gasteiger partial charge in [0.2, 0.25) is 0 Å². The average Bonchev–Trinajstić information content (AvgIpc) is 2.03. The van der Waals surface area contributed by atoms with E-state index in [2.05, 4.69) is 31.9 Å². The van der Waals surface area contributed by atoms with Crippen molar-refractivity contribution in [2.45, 2.75) is 6.92 Å². The number of hydrogen-bond donors (Lipinski definition) is 0. The molecule has 1 rings (SSSR count). The van der Waals surface area contributed by atoms with Gasteiger partial charge in [0.05, 0.1) is 5.33 Å². The standard InChI is InChI=1S/C9H8Br2O/c1-6-3-2-4-7(11)9(6)8(12)5-10/h2-4H,5H2,1H3. The van der Waals surface area contributed by atoms with Crippen LogP contribution in [0.25, 0.3) is 0 Å². The van der Waals surface area contributed by atoms with Crippen LogP contribution >= 0.6 is 31.9 Å². The van der Waals surface area contributed by atoms with E-state index < -0.39 is 0 Å². The summed E-state index contributed by atoms with van der Waals surface area (Å²) in [4.78, 5) is 11.4. The Bertz CT molecular complexity index is 287. The Balaban J connectivity index is 3.21. The quantitative estimate of drug-likeness (QED) is 0.603. The van der Waals surface area contributed by atoms with Crippen LogP contribution in [0.3, 0.4) is 0 Å². The van der Waals surface area contributed by atoms with Crippen molar-refractivity contribution in [1.82, 2.24) is 0 Å². The predicted molar refractivity (Wildman–Crippen MR) is 57.0 cm³/mol. The van der Waals surface area contributed by atoms with Gasteiger partial charge in [-0.3, -0.25) is 4.79 Å². The number of halogens is 2. The molecule has 64 valence electrons. The van der Waals surface area contributed by atoms with Gasteiger partial charge in [-0.1, -0.05) is 44.0 Å². The molecule has 0 aliphatic heterocycles. The lowest BCUT2D eigenvalue weighted by Gasteiger charge is -2.04. The van der Waals surface area contributed by atoms with Crippen LogP contribution in [-0.2, 0) is 0 Å². The molecule has 0 N–H and O–H groups in total. The van der Waals surface area contributed by atoms with Gasteiger partial charge in [-0.25, -0.2) is 0 Å². The van der Waals surface area contributed by atoms with Crippen molar-refractivity contribution in [2.24, 2.45) is 0 Å². The van der Waals surface area contributed by atoms with Gasteiger partial charge in [-0.05, 0) is 18.6 Å². The number of carbonyl (C=O) groups excluding carboxylic acids is 1. The summed E-state index contributed by atoms with van der Waals surface area (Å²) in [5.41, 5.74) is 1.78. The summed E-state index contributed by atoms with van der Waals surface area (Å²) in [6.07, 6.45) is 0. The zero-order chi connectivity index (χ0) is 9.14. The minimum absolute atomic E-state index is 0.111. The van der Waals surface area contributed by atoms with E-state index >= 15 is 0 Å². The van der Waals surface area contributed by atoms with E-state index in [1.807, 2.05) is 25.1 Å². The zero-order valence-corrected chi connectivity index (χ0v) is 9.78. The van der Waals surface area contributed by atoms with Crippen molar-refractivity contribution in [1.29, 1.82) is 0 Å². The topological polar surface area (TPSA) is 17.1 Å². The summed E-state index contributed by atoms with van der Waals surface area (Å²) < 4.78 is 0.868. The number of benzene rings is 1. The molecule has 1 aromatic rings. The molecule has 1 nitrogen and oxygen atoms in total. The SMILES string of the molecule is Cc1cccc(Br)c1C(=O)CBr. The van der Waals surface area contributed by atoms with E-state index in [-0.39, 0.29) is 5.78 Å². The lowest BCUT2D eigenvalue weighted by atomic mass is 10.1. The Labute approximate surface area is 88.4 Å². The van der Waals surface area contributed by atoms with E-state index in [1.165, 1.54) is 0 Å². The van der Waals surface area contributed by atoms with Crippen LogP contribution in [0.5, 0.6) is 0 Å². The number of Topliss-reactive ketones (excluding diaryl/α,β-unsaturated/α-hetero) is 1. The third-order valence-electron chi connectivity index (χ3n) is 1.62. The van der Waals surface area contributed by atoms with Crippen molar-refractivity contribution in [2.75, 3.05) is 5.33 Å². The van der Waals surface area contributed by atoms with Gasteiger partial charge in [-0.15, -0.1) is 0 Å². The first kappa shape index (κ1) is 9.93. The molecule has 0 fully saturated rings. The van der Waals surface area contributed by atoms with E-state index in [0.717, 1.165) is 15.6 Å². The van der Waals surface area contributed by atoms with Crippen LogP contribution in [0.1, 0.15) is 15.9 Å². The van der Waals surface area contributed by atoms with Crippen molar-refractivity contribution >= 4 is 37.6 Å². The monoisotopic (exact) mass is 290 g/mol. The number of ketones is 1. The smallest absolute Gasteiger partial charge is 0.174 e. The molecule has 3 heteroatoms. The molecule has 0 amide bonds. The molecule has 12 heavy (non-hydrogen) atoms. The summed E-state index contributed by atoms with van der Waals surface area (Å²) in [5.74, 6) is 0.111. The minimum atomic E-state index is 0.111. The predicted octanol–water partition coefficient (Wildman–Crippen LogP) is 3.34. The van der Waals surface area contributed by atoms with Crippen LogP contribution < -0.4 is 0 Å². The Morgan fingerprint density at radius 2 is 2.17 bits per heavy atom. The van der Waals surface area contributed by atoms with Gasteiger partial charge >= 0.3 is 0 Å². The molecule has 0 spiro atoms. The fourth-order valence-corrected chi connectivity index (χ4v) is 2.02.